The zero-order valence-electron chi connectivity index (χ0n) is 8.76. The van der Waals surface area contributed by atoms with Crippen molar-refractivity contribution >= 4 is 11.8 Å². The predicted molar refractivity (Wildman–Crippen MR) is 54.3 cm³/mol. The van der Waals surface area contributed by atoms with Crippen molar-refractivity contribution in [1.82, 2.24) is 10.1 Å². The van der Waals surface area contributed by atoms with E-state index >= 15 is 0 Å². The maximum absolute atomic E-state index is 11.8. The molecule has 2 heterocycles. The van der Waals surface area contributed by atoms with Crippen LogP contribution in [0.3, 0.4) is 0 Å². The van der Waals surface area contributed by atoms with Crippen LogP contribution in [0.1, 0.15) is 23.4 Å². The maximum Gasteiger partial charge on any atom is 0.292 e. The first-order valence-corrected chi connectivity index (χ1v) is 5.18. The fourth-order valence-electron chi connectivity index (χ4n) is 1.85. The number of hydrogen-bond acceptors (Lipinski definition) is 4. The molecule has 16 heavy (non-hydrogen) atoms. The van der Waals surface area contributed by atoms with Crippen molar-refractivity contribution in [2.45, 2.75) is 12.8 Å². The molecule has 86 valence electrons. The molecule has 0 spiro atoms. The number of carbonyl (C=O) groups is 2. The summed E-state index contributed by atoms with van der Waals surface area (Å²) in [4.78, 5) is 24.4. The molecule has 1 aromatic heterocycles. The number of amides is 2. The third-order valence-electron chi connectivity index (χ3n) is 2.83. The Hall–Kier alpha value is -1.85. The lowest BCUT2D eigenvalue weighted by Gasteiger charge is -2.29. The van der Waals surface area contributed by atoms with E-state index in [1.54, 1.807) is 4.90 Å². The van der Waals surface area contributed by atoms with Gasteiger partial charge in [0.2, 0.25) is 11.7 Å². The van der Waals surface area contributed by atoms with Gasteiger partial charge in [-0.15, -0.1) is 0 Å². The van der Waals surface area contributed by atoms with Crippen LogP contribution in [0.4, 0.5) is 0 Å². The highest BCUT2D eigenvalue weighted by atomic mass is 16.5. The summed E-state index contributed by atoms with van der Waals surface area (Å²) in [6, 6.07) is 1.53. The van der Waals surface area contributed by atoms with Crippen LogP contribution in [-0.2, 0) is 4.79 Å². The van der Waals surface area contributed by atoms with Gasteiger partial charge in [-0.25, -0.2) is 0 Å². The molecule has 2 N–H and O–H groups in total. The minimum atomic E-state index is -0.285. The summed E-state index contributed by atoms with van der Waals surface area (Å²) in [5.74, 6) is -0.344. The van der Waals surface area contributed by atoms with Crippen LogP contribution in [-0.4, -0.2) is 35.0 Å². The Morgan fingerprint density at radius 3 is 2.62 bits per heavy atom. The molecular weight excluding hydrogens is 210 g/mol. The normalized spacial score (nSPS) is 17.4. The molecule has 0 aliphatic carbocycles. The van der Waals surface area contributed by atoms with Crippen LogP contribution >= 0.6 is 0 Å². The van der Waals surface area contributed by atoms with Gasteiger partial charge in [-0.3, -0.25) is 9.59 Å². The molecule has 1 aromatic rings. The minimum Gasteiger partial charge on any atom is -0.369 e. The summed E-state index contributed by atoms with van der Waals surface area (Å²) in [6.07, 6.45) is 2.67. The first kappa shape index (κ1) is 10.7. The Balaban J connectivity index is 1.94. The van der Waals surface area contributed by atoms with Gasteiger partial charge in [0, 0.05) is 25.1 Å². The average molecular weight is 223 g/mol. The number of hydrogen-bond donors (Lipinski definition) is 1. The Bertz CT molecular complexity index is 380. The summed E-state index contributed by atoms with van der Waals surface area (Å²) < 4.78 is 4.79. The molecular formula is C10H13N3O3. The van der Waals surface area contributed by atoms with Crippen LogP contribution in [0, 0.1) is 5.92 Å². The van der Waals surface area contributed by atoms with Gasteiger partial charge in [0.1, 0.15) is 0 Å². The minimum absolute atomic E-state index is 0.112. The molecule has 1 aliphatic heterocycles. The van der Waals surface area contributed by atoms with E-state index in [1.807, 2.05) is 0 Å². The van der Waals surface area contributed by atoms with Crippen molar-refractivity contribution < 1.29 is 14.1 Å². The molecule has 6 nitrogen and oxygen atoms in total. The van der Waals surface area contributed by atoms with Crippen LogP contribution in [0.15, 0.2) is 16.8 Å². The Labute approximate surface area is 92.4 Å². The highest BCUT2D eigenvalue weighted by Crippen LogP contribution is 2.18. The third-order valence-corrected chi connectivity index (χ3v) is 2.83. The molecule has 2 amide bonds. The van der Waals surface area contributed by atoms with Crippen molar-refractivity contribution in [2.24, 2.45) is 11.7 Å². The quantitative estimate of drug-likeness (QED) is 0.764. The lowest BCUT2D eigenvalue weighted by atomic mass is 9.96. The van der Waals surface area contributed by atoms with Crippen LogP contribution in [0.25, 0.3) is 0 Å². The van der Waals surface area contributed by atoms with Gasteiger partial charge in [-0.1, -0.05) is 5.16 Å². The molecule has 6 heteroatoms. The van der Waals surface area contributed by atoms with Crippen molar-refractivity contribution in [1.29, 1.82) is 0 Å². The summed E-state index contributed by atoms with van der Waals surface area (Å²) >= 11 is 0. The fraction of sp³-hybridized carbons (Fsp3) is 0.500. The molecule has 1 fully saturated rings. The van der Waals surface area contributed by atoms with Crippen molar-refractivity contribution in [3.05, 3.63) is 18.0 Å². The number of primary amides is 1. The number of rotatable bonds is 2. The Morgan fingerprint density at radius 1 is 1.44 bits per heavy atom. The number of nitrogens with zero attached hydrogens (tertiary/aromatic N) is 2. The van der Waals surface area contributed by atoms with E-state index in [2.05, 4.69) is 5.16 Å². The van der Waals surface area contributed by atoms with Crippen LogP contribution in [0.2, 0.25) is 0 Å². The van der Waals surface area contributed by atoms with E-state index in [9.17, 15) is 9.59 Å². The molecule has 1 saturated heterocycles. The Kier molecular flexibility index (Phi) is 2.89. The molecule has 0 aromatic carbocycles. The summed E-state index contributed by atoms with van der Waals surface area (Å²) in [5, 5.41) is 3.48. The Morgan fingerprint density at radius 2 is 2.12 bits per heavy atom. The van der Waals surface area contributed by atoms with E-state index in [0.29, 0.717) is 25.9 Å². The van der Waals surface area contributed by atoms with E-state index in [1.165, 1.54) is 12.3 Å². The van der Waals surface area contributed by atoms with Gasteiger partial charge in [0.05, 0.1) is 6.20 Å². The summed E-state index contributed by atoms with van der Waals surface area (Å²) in [5.41, 5.74) is 5.21. The number of carbonyl (C=O) groups excluding carboxylic acids is 2. The van der Waals surface area contributed by atoms with E-state index in [4.69, 9.17) is 10.3 Å². The van der Waals surface area contributed by atoms with Gasteiger partial charge < -0.3 is 15.2 Å². The first-order chi connectivity index (χ1) is 7.68. The monoisotopic (exact) mass is 223 g/mol. The third kappa shape index (κ3) is 2.05. The molecule has 1 aliphatic rings. The molecule has 0 unspecified atom stereocenters. The number of nitrogens with two attached hydrogens (primary N) is 1. The molecule has 0 saturated carbocycles. The van der Waals surface area contributed by atoms with E-state index in [-0.39, 0.29) is 23.5 Å². The van der Waals surface area contributed by atoms with E-state index < -0.39 is 0 Å². The number of likely N-dealkylation sites (tertiary alicyclic amines) is 1. The summed E-state index contributed by atoms with van der Waals surface area (Å²) in [7, 11) is 0. The van der Waals surface area contributed by atoms with Crippen molar-refractivity contribution in [2.75, 3.05) is 13.1 Å². The molecule has 0 atom stereocenters. The number of aromatic nitrogens is 1. The molecule has 0 bridgehead atoms. The van der Waals surface area contributed by atoms with Crippen molar-refractivity contribution in [3.8, 4) is 0 Å². The van der Waals surface area contributed by atoms with Gasteiger partial charge in [-0.2, -0.15) is 0 Å². The lowest BCUT2D eigenvalue weighted by Crippen LogP contribution is -2.41. The second-order valence-electron chi connectivity index (χ2n) is 3.85. The lowest BCUT2D eigenvalue weighted by molar-refractivity contribution is -0.123. The van der Waals surface area contributed by atoms with Crippen molar-refractivity contribution in [3.63, 3.8) is 0 Å². The zero-order valence-corrected chi connectivity index (χ0v) is 8.76. The standard InChI is InChI=1S/C10H13N3O3/c11-9(14)7-2-5-13(6-3-7)10(15)8-1-4-12-16-8/h1,4,7H,2-3,5-6H2,(H2,11,14). The van der Waals surface area contributed by atoms with Gasteiger partial charge >= 0.3 is 0 Å². The SMILES string of the molecule is NC(=O)C1CCN(C(=O)c2ccno2)CC1. The molecule has 2 rings (SSSR count). The largest absolute Gasteiger partial charge is 0.369 e. The summed E-state index contributed by atoms with van der Waals surface area (Å²) in [6.45, 7) is 1.07. The van der Waals surface area contributed by atoms with Gasteiger partial charge in [0.15, 0.2) is 0 Å². The molecule has 0 radical (unpaired) electrons. The smallest absolute Gasteiger partial charge is 0.292 e. The van der Waals surface area contributed by atoms with Crippen LogP contribution in [0.5, 0.6) is 0 Å². The van der Waals surface area contributed by atoms with Crippen LogP contribution < -0.4 is 5.73 Å². The average Bonchev–Trinajstić information content (AvgIpc) is 2.81. The number of piperidine rings is 1. The topological polar surface area (TPSA) is 89.4 Å². The highest BCUT2D eigenvalue weighted by molar-refractivity contribution is 5.91. The fourth-order valence-corrected chi connectivity index (χ4v) is 1.85. The second kappa shape index (κ2) is 4.34. The van der Waals surface area contributed by atoms with E-state index in [0.717, 1.165) is 0 Å². The van der Waals surface area contributed by atoms with Gasteiger partial charge in [-0.05, 0) is 12.8 Å². The first-order valence-electron chi connectivity index (χ1n) is 5.18. The zero-order chi connectivity index (χ0) is 11.5. The highest BCUT2D eigenvalue weighted by Gasteiger charge is 2.27. The maximum atomic E-state index is 11.8. The second-order valence-corrected chi connectivity index (χ2v) is 3.85. The predicted octanol–water partition coefficient (Wildman–Crippen LogP) is 0.0121. The van der Waals surface area contributed by atoms with Gasteiger partial charge in [0.25, 0.3) is 5.91 Å².